The topological polar surface area (TPSA) is 64.1 Å². The first-order valence-electron chi connectivity index (χ1n) is 4.82. The van der Waals surface area contributed by atoms with E-state index in [1.165, 1.54) is 0 Å². The Labute approximate surface area is 101 Å². The third-order valence-corrected chi connectivity index (χ3v) is 2.54. The van der Waals surface area contributed by atoms with Crippen LogP contribution in [0.1, 0.15) is 25.3 Å². The molecule has 2 aromatic rings. The second kappa shape index (κ2) is 4.03. The van der Waals surface area contributed by atoms with E-state index in [-0.39, 0.29) is 0 Å². The molecule has 2 heterocycles. The summed E-state index contributed by atoms with van der Waals surface area (Å²) in [6.45, 7) is 3.84. The molecule has 0 bridgehead atoms. The summed E-state index contributed by atoms with van der Waals surface area (Å²) < 4.78 is 7.66. The van der Waals surface area contributed by atoms with Crippen molar-refractivity contribution in [3.05, 3.63) is 34.5 Å². The summed E-state index contributed by atoms with van der Waals surface area (Å²) in [5, 5.41) is 17.5. The zero-order valence-corrected chi connectivity index (χ0v) is 10.6. The van der Waals surface area contributed by atoms with Gasteiger partial charge >= 0.3 is 0 Å². The first-order chi connectivity index (χ1) is 7.45. The standard InChI is InChI=1S/C10H12BrN3O2/c1-10(2,15)8-6-14(13-12-8)5-7-3-4-9(11)16-7/h3-4,6,15H,5H2,1-2H3. The molecular formula is C10H12BrN3O2. The van der Waals surface area contributed by atoms with Crippen LogP contribution in [0.5, 0.6) is 0 Å². The van der Waals surface area contributed by atoms with Crippen LogP contribution in [0.25, 0.3) is 0 Å². The minimum atomic E-state index is -0.970. The molecule has 0 aliphatic rings. The average Bonchev–Trinajstić information content (AvgIpc) is 2.74. The largest absolute Gasteiger partial charge is 0.452 e. The predicted molar refractivity (Wildman–Crippen MR) is 60.8 cm³/mol. The Hall–Kier alpha value is -1.14. The Morgan fingerprint density at radius 3 is 2.75 bits per heavy atom. The monoisotopic (exact) mass is 285 g/mol. The number of hydrogen-bond donors (Lipinski definition) is 1. The highest BCUT2D eigenvalue weighted by Crippen LogP contribution is 2.17. The van der Waals surface area contributed by atoms with E-state index >= 15 is 0 Å². The van der Waals surface area contributed by atoms with Crippen LogP contribution in [0.15, 0.2) is 27.4 Å². The molecular weight excluding hydrogens is 274 g/mol. The first kappa shape index (κ1) is 11.3. The summed E-state index contributed by atoms with van der Waals surface area (Å²) in [5.41, 5.74) is -0.430. The molecule has 0 spiro atoms. The van der Waals surface area contributed by atoms with Crippen molar-refractivity contribution in [2.24, 2.45) is 0 Å². The molecule has 2 rings (SSSR count). The Kier molecular flexibility index (Phi) is 2.86. The van der Waals surface area contributed by atoms with Crippen LogP contribution < -0.4 is 0 Å². The maximum Gasteiger partial charge on any atom is 0.169 e. The van der Waals surface area contributed by atoms with E-state index in [1.807, 2.05) is 12.1 Å². The first-order valence-corrected chi connectivity index (χ1v) is 5.61. The quantitative estimate of drug-likeness (QED) is 0.936. The van der Waals surface area contributed by atoms with E-state index in [2.05, 4.69) is 26.2 Å². The van der Waals surface area contributed by atoms with Crippen LogP contribution in [0.3, 0.4) is 0 Å². The SMILES string of the molecule is CC(C)(O)c1cn(Cc2ccc(Br)o2)nn1. The van der Waals surface area contributed by atoms with Gasteiger partial charge in [0.1, 0.15) is 23.6 Å². The molecule has 16 heavy (non-hydrogen) atoms. The average molecular weight is 286 g/mol. The van der Waals surface area contributed by atoms with Crippen molar-refractivity contribution in [1.29, 1.82) is 0 Å². The second-order valence-electron chi connectivity index (χ2n) is 4.07. The molecule has 2 aromatic heterocycles. The minimum absolute atomic E-state index is 0.495. The van der Waals surface area contributed by atoms with Gasteiger partial charge in [0, 0.05) is 0 Å². The second-order valence-corrected chi connectivity index (χ2v) is 4.85. The van der Waals surface area contributed by atoms with E-state index in [9.17, 15) is 5.11 Å². The van der Waals surface area contributed by atoms with E-state index in [0.717, 1.165) is 5.76 Å². The van der Waals surface area contributed by atoms with Crippen molar-refractivity contribution in [1.82, 2.24) is 15.0 Å². The number of furan rings is 1. The molecule has 0 amide bonds. The van der Waals surface area contributed by atoms with Crippen molar-refractivity contribution in [3.8, 4) is 0 Å². The molecule has 6 heteroatoms. The maximum atomic E-state index is 9.73. The lowest BCUT2D eigenvalue weighted by Gasteiger charge is -2.11. The van der Waals surface area contributed by atoms with Gasteiger partial charge in [-0.1, -0.05) is 5.21 Å². The maximum absolute atomic E-state index is 9.73. The summed E-state index contributed by atoms with van der Waals surface area (Å²) in [4.78, 5) is 0. The lowest BCUT2D eigenvalue weighted by atomic mass is 10.1. The van der Waals surface area contributed by atoms with Gasteiger partial charge in [0.15, 0.2) is 4.67 Å². The molecule has 86 valence electrons. The Morgan fingerprint density at radius 2 is 2.25 bits per heavy atom. The molecule has 0 unspecified atom stereocenters. The fraction of sp³-hybridized carbons (Fsp3) is 0.400. The lowest BCUT2D eigenvalue weighted by Crippen LogP contribution is -2.15. The number of aromatic nitrogens is 3. The van der Waals surface area contributed by atoms with Gasteiger partial charge in [-0.3, -0.25) is 0 Å². The van der Waals surface area contributed by atoms with Gasteiger partial charge in [-0.2, -0.15) is 0 Å². The molecule has 0 atom stereocenters. The van der Waals surface area contributed by atoms with Gasteiger partial charge in [0.25, 0.3) is 0 Å². The number of hydrogen-bond acceptors (Lipinski definition) is 4. The van der Waals surface area contributed by atoms with E-state index < -0.39 is 5.60 Å². The highest BCUT2D eigenvalue weighted by atomic mass is 79.9. The van der Waals surface area contributed by atoms with Gasteiger partial charge < -0.3 is 9.52 Å². The molecule has 0 saturated heterocycles. The summed E-state index contributed by atoms with van der Waals surface area (Å²) in [5.74, 6) is 0.777. The van der Waals surface area contributed by atoms with Crippen LogP contribution >= 0.6 is 15.9 Å². The fourth-order valence-electron chi connectivity index (χ4n) is 1.25. The summed E-state index contributed by atoms with van der Waals surface area (Å²) in [7, 11) is 0. The van der Waals surface area contributed by atoms with Crippen LogP contribution in [0, 0.1) is 0 Å². The molecule has 0 radical (unpaired) electrons. The van der Waals surface area contributed by atoms with E-state index in [0.29, 0.717) is 16.9 Å². The summed E-state index contributed by atoms with van der Waals surface area (Å²) in [6, 6.07) is 3.68. The van der Waals surface area contributed by atoms with Gasteiger partial charge in [0.2, 0.25) is 0 Å². The van der Waals surface area contributed by atoms with Gasteiger partial charge in [0.05, 0.1) is 6.20 Å². The molecule has 1 N–H and O–H groups in total. The molecule has 0 aromatic carbocycles. The summed E-state index contributed by atoms with van der Waals surface area (Å²) >= 11 is 3.23. The van der Waals surface area contributed by atoms with Crippen molar-refractivity contribution in [2.45, 2.75) is 26.0 Å². The van der Waals surface area contributed by atoms with Crippen LogP contribution in [-0.4, -0.2) is 20.1 Å². The summed E-state index contributed by atoms with van der Waals surface area (Å²) in [6.07, 6.45) is 1.70. The van der Waals surface area contributed by atoms with E-state index in [1.54, 1.807) is 24.7 Å². The van der Waals surface area contributed by atoms with Crippen molar-refractivity contribution >= 4 is 15.9 Å². The smallest absolute Gasteiger partial charge is 0.169 e. The molecule has 0 aliphatic heterocycles. The third kappa shape index (κ3) is 2.51. The molecule has 0 aliphatic carbocycles. The predicted octanol–water partition coefficient (Wildman–Crippen LogP) is 1.91. The van der Waals surface area contributed by atoms with Crippen LogP contribution in [0.4, 0.5) is 0 Å². The van der Waals surface area contributed by atoms with Crippen molar-refractivity contribution < 1.29 is 9.52 Å². The Morgan fingerprint density at radius 1 is 1.50 bits per heavy atom. The number of nitrogens with zero attached hydrogens (tertiary/aromatic N) is 3. The third-order valence-electron chi connectivity index (χ3n) is 2.11. The minimum Gasteiger partial charge on any atom is -0.452 e. The molecule has 0 fully saturated rings. The van der Waals surface area contributed by atoms with Gasteiger partial charge in [-0.15, -0.1) is 5.10 Å². The number of halogens is 1. The normalized spacial score (nSPS) is 12.0. The highest BCUT2D eigenvalue weighted by molar-refractivity contribution is 9.10. The van der Waals surface area contributed by atoms with Gasteiger partial charge in [-0.25, -0.2) is 4.68 Å². The Balaban J connectivity index is 2.14. The molecule has 5 nitrogen and oxygen atoms in total. The number of rotatable bonds is 3. The zero-order chi connectivity index (χ0) is 11.8. The highest BCUT2D eigenvalue weighted by Gasteiger charge is 2.20. The number of aliphatic hydroxyl groups is 1. The van der Waals surface area contributed by atoms with Crippen molar-refractivity contribution in [3.63, 3.8) is 0 Å². The van der Waals surface area contributed by atoms with Crippen LogP contribution in [0.2, 0.25) is 0 Å². The van der Waals surface area contributed by atoms with Crippen molar-refractivity contribution in [2.75, 3.05) is 0 Å². The molecule has 0 saturated carbocycles. The fourth-order valence-corrected chi connectivity index (χ4v) is 1.59. The zero-order valence-electron chi connectivity index (χ0n) is 9.01. The van der Waals surface area contributed by atoms with Crippen LogP contribution in [-0.2, 0) is 12.1 Å². The Bertz CT molecular complexity index is 484. The van der Waals surface area contributed by atoms with Gasteiger partial charge in [-0.05, 0) is 41.9 Å². The van der Waals surface area contributed by atoms with E-state index in [4.69, 9.17) is 4.42 Å². The lowest BCUT2D eigenvalue weighted by molar-refractivity contribution is 0.0737.